The van der Waals surface area contributed by atoms with Gasteiger partial charge in [-0.25, -0.2) is 14.8 Å². The van der Waals surface area contributed by atoms with E-state index in [1.165, 1.54) is 65.3 Å². The maximum Gasteiger partial charge on any atom is 0.335 e. The SMILES string of the molecule is CC[C@@H](c1cccc(C(=O)O)c1[C@H](CC)[C@H]1O[C@@H](n2c(=O)sc3cnc(N)nc32)[C@H](CC(=O)OC)S1)[C@H]1O[C@@H](n2c(=O)sc3cnc(N)nc32)[C@H](CC(=O)OC)S1. The summed E-state index contributed by atoms with van der Waals surface area (Å²) in [6.45, 7) is 3.85. The summed E-state index contributed by atoms with van der Waals surface area (Å²) in [5.74, 6) is -3.30. The first kappa shape index (κ1) is 40.6. The summed E-state index contributed by atoms with van der Waals surface area (Å²) >= 11 is 4.50. The van der Waals surface area contributed by atoms with Gasteiger partial charge in [0.05, 0.1) is 64.9 Å². The summed E-state index contributed by atoms with van der Waals surface area (Å²) in [5.41, 5.74) is 12.1. The third kappa shape index (κ3) is 7.72. The predicted molar refractivity (Wildman–Crippen MR) is 215 cm³/mol. The topological polar surface area (TPSA) is 256 Å². The number of thiazole rings is 2. The van der Waals surface area contributed by atoms with E-state index in [9.17, 15) is 29.1 Å². The molecule has 7 rings (SSSR count). The number of hydrogen-bond donors (Lipinski definition) is 3. The van der Waals surface area contributed by atoms with Gasteiger partial charge in [-0.15, -0.1) is 23.5 Å². The van der Waals surface area contributed by atoms with Crippen LogP contribution in [0.15, 0.2) is 40.2 Å². The smallest absolute Gasteiger partial charge is 0.335 e. The number of benzene rings is 1. The summed E-state index contributed by atoms with van der Waals surface area (Å²) in [4.78, 5) is 81.3. The van der Waals surface area contributed by atoms with E-state index in [1.807, 2.05) is 19.9 Å². The van der Waals surface area contributed by atoms with Gasteiger partial charge >= 0.3 is 27.7 Å². The normalized spacial score (nSPS) is 23.2. The zero-order valence-electron chi connectivity index (χ0n) is 30.9. The van der Waals surface area contributed by atoms with Gasteiger partial charge < -0.3 is 35.5 Å². The van der Waals surface area contributed by atoms with E-state index in [4.69, 9.17) is 30.4 Å². The third-order valence-electron chi connectivity index (χ3n) is 9.93. The number of nitrogens with two attached hydrogens (primary N) is 2. The lowest BCUT2D eigenvalue weighted by atomic mass is 9.82. The first-order valence-electron chi connectivity index (χ1n) is 17.8. The Balaban J connectivity index is 1.30. The van der Waals surface area contributed by atoms with E-state index < -0.39 is 68.4 Å². The number of anilines is 2. The molecule has 5 aromatic rings. The highest BCUT2D eigenvalue weighted by atomic mass is 32.2. The molecule has 0 unspecified atom stereocenters. The highest BCUT2D eigenvalue weighted by molar-refractivity contribution is 8.00. The number of carbonyl (C=O) groups is 3. The maximum atomic E-state index is 13.5. The number of carboxylic acid groups (broad SMARTS) is 1. The molecule has 0 spiro atoms. The third-order valence-corrected chi connectivity index (χ3v) is 14.6. The number of carboxylic acids is 1. The van der Waals surface area contributed by atoms with Crippen molar-refractivity contribution in [2.45, 2.75) is 85.2 Å². The molecule has 4 aromatic heterocycles. The van der Waals surface area contributed by atoms with Crippen LogP contribution in [0, 0.1) is 0 Å². The highest BCUT2D eigenvalue weighted by Gasteiger charge is 2.47. The second-order valence-electron chi connectivity index (χ2n) is 13.2. The summed E-state index contributed by atoms with van der Waals surface area (Å²) in [7, 11) is 2.55. The molecule has 302 valence electrons. The molecule has 57 heavy (non-hydrogen) atoms. The van der Waals surface area contributed by atoms with Crippen LogP contribution in [0.1, 0.15) is 85.3 Å². The zero-order chi connectivity index (χ0) is 40.7. The number of aromatic carboxylic acids is 1. The van der Waals surface area contributed by atoms with Gasteiger partial charge in [-0.2, -0.15) is 9.97 Å². The number of methoxy groups -OCH3 is 2. The quantitative estimate of drug-likeness (QED) is 0.139. The molecule has 5 N–H and O–H groups in total. The largest absolute Gasteiger partial charge is 0.478 e. The summed E-state index contributed by atoms with van der Waals surface area (Å²) in [5, 5.41) is 9.42. The van der Waals surface area contributed by atoms with Crippen LogP contribution in [0.3, 0.4) is 0 Å². The van der Waals surface area contributed by atoms with Crippen LogP contribution >= 0.6 is 46.2 Å². The zero-order valence-corrected chi connectivity index (χ0v) is 34.2. The molecular formula is C35H38N8O10S4. The Kier molecular flexibility index (Phi) is 11.9. The Morgan fingerprint density at radius 1 is 0.807 bits per heavy atom. The number of esters is 2. The number of fused-ring (bicyclic) bond motifs is 2. The molecule has 0 bridgehead atoms. The van der Waals surface area contributed by atoms with Gasteiger partial charge in [-0.1, -0.05) is 48.7 Å². The molecule has 6 heterocycles. The van der Waals surface area contributed by atoms with Crippen molar-refractivity contribution in [1.29, 1.82) is 0 Å². The fraction of sp³-hybridized carbons (Fsp3) is 0.457. The monoisotopic (exact) mass is 858 g/mol. The lowest BCUT2D eigenvalue weighted by Gasteiger charge is -2.31. The molecule has 2 saturated heterocycles. The molecule has 0 amide bonds. The number of aromatic nitrogens is 6. The van der Waals surface area contributed by atoms with Crippen molar-refractivity contribution < 1.29 is 38.4 Å². The van der Waals surface area contributed by atoms with Gasteiger partial charge in [0.1, 0.15) is 10.9 Å². The second-order valence-corrected chi connectivity index (χ2v) is 17.8. The average Bonchev–Trinajstić information content (AvgIpc) is 3.94. The molecule has 1 aromatic carbocycles. The number of nitrogens with zero attached hydrogens (tertiary/aromatic N) is 6. The van der Waals surface area contributed by atoms with E-state index in [0.717, 1.165) is 22.7 Å². The highest BCUT2D eigenvalue weighted by Crippen LogP contribution is 2.53. The fourth-order valence-corrected chi connectivity index (χ4v) is 12.2. The number of carbonyl (C=O) groups excluding carboxylic acids is 2. The molecule has 0 aliphatic carbocycles. The van der Waals surface area contributed by atoms with Crippen molar-refractivity contribution >= 4 is 96.7 Å². The number of rotatable bonds is 13. The molecule has 22 heteroatoms. The molecule has 18 nitrogen and oxygen atoms in total. The van der Waals surface area contributed by atoms with E-state index in [0.29, 0.717) is 33.4 Å². The number of ether oxygens (including phenoxy) is 4. The Labute approximate surface area is 340 Å². The molecule has 2 fully saturated rings. The van der Waals surface area contributed by atoms with Crippen LogP contribution in [0.2, 0.25) is 0 Å². The van der Waals surface area contributed by atoms with Gasteiger partial charge in [0.2, 0.25) is 11.9 Å². The molecule has 8 atom stereocenters. The van der Waals surface area contributed by atoms with E-state index in [-0.39, 0.29) is 46.5 Å². The van der Waals surface area contributed by atoms with Crippen molar-refractivity contribution in [3.63, 3.8) is 0 Å². The van der Waals surface area contributed by atoms with Crippen LogP contribution in [0.25, 0.3) is 20.7 Å². The standard InChI is InChI=1S/C35H38N8O10S4/c1-5-14(30-52-27(18(54-30)10-22(44)50-3)42-25-20(56-34(42)48)12-38-32(36)40-25)16-8-7-9-17(29(46)47)24(16)15(6-2)31-53-28(19(55-31)11-23(45)51-4)43-26-21(57-35(43)49)13-39-33(37)41-26/h7-9,12-15,18-19,27-28,30-31H,5-6,10-11H2,1-4H3,(H,46,47)(H2,36,38,40)(H2,37,39,41)/t14-,15-,18-,19-,27+,28+,30-,31-/m0/s1. The second kappa shape index (κ2) is 16.7. The Hall–Kier alpha value is -4.61. The predicted octanol–water partition coefficient (Wildman–Crippen LogP) is 4.31. The van der Waals surface area contributed by atoms with Crippen LogP contribution in [0.5, 0.6) is 0 Å². The van der Waals surface area contributed by atoms with Gasteiger partial charge in [-0.3, -0.25) is 28.3 Å². The van der Waals surface area contributed by atoms with Crippen molar-refractivity contribution in [2.24, 2.45) is 0 Å². The Bertz CT molecular complexity index is 2470. The van der Waals surface area contributed by atoms with Crippen molar-refractivity contribution in [3.05, 3.63) is 66.6 Å². The minimum atomic E-state index is -1.16. The van der Waals surface area contributed by atoms with Crippen molar-refractivity contribution in [1.82, 2.24) is 29.1 Å². The molecule has 2 aliphatic heterocycles. The van der Waals surface area contributed by atoms with Gasteiger partial charge in [0, 0.05) is 11.8 Å². The van der Waals surface area contributed by atoms with Gasteiger partial charge in [0.15, 0.2) is 23.8 Å². The van der Waals surface area contributed by atoms with E-state index in [2.05, 4.69) is 19.9 Å². The minimum absolute atomic E-state index is 0.0366. The summed E-state index contributed by atoms with van der Waals surface area (Å²) in [6, 6.07) is 5.05. The Morgan fingerprint density at radius 2 is 1.28 bits per heavy atom. The van der Waals surface area contributed by atoms with E-state index >= 15 is 0 Å². The van der Waals surface area contributed by atoms with Crippen molar-refractivity contribution in [2.75, 3.05) is 25.7 Å². The molecule has 2 aliphatic rings. The first-order chi connectivity index (χ1) is 27.4. The van der Waals surface area contributed by atoms with Crippen LogP contribution in [0.4, 0.5) is 11.9 Å². The maximum absolute atomic E-state index is 13.5. The van der Waals surface area contributed by atoms with Gasteiger partial charge in [0.25, 0.3) is 0 Å². The molecular weight excluding hydrogens is 821 g/mol. The number of nitrogen functional groups attached to an aromatic ring is 2. The van der Waals surface area contributed by atoms with Crippen LogP contribution in [-0.4, -0.2) is 87.7 Å². The van der Waals surface area contributed by atoms with E-state index in [1.54, 1.807) is 6.07 Å². The minimum Gasteiger partial charge on any atom is -0.478 e. The first-order valence-corrected chi connectivity index (χ1v) is 21.3. The number of thioether (sulfide) groups is 2. The lowest BCUT2D eigenvalue weighted by Crippen LogP contribution is -2.29. The Morgan fingerprint density at radius 3 is 1.72 bits per heavy atom. The number of hydrogen-bond acceptors (Lipinski definition) is 19. The molecule has 0 radical (unpaired) electrons. The lowest BCUT2D eigenvalue weighted by molar-refractivity contribution is -0.142. The fourth-order valence-electron chi connectivity index (χ4n) is 7.37. The van der Waals surface area contributed by atoms with Crippen LogP contribution < -0.4 is 21.2 Å². The van der Waals surface area contributed by atoms with Crippen LogP contribution in [-0.2, 0) is 28.5 Å². The molecule has 0 saturated carbocycles. The summed E-state index contributed by atoms with van der Waals surface area (Å²) < 4.78 is 27.2. The van der Waals surface area contributed by atoms with Gasteiger partial charge in [-0.05, 0) is 30.0 Å². The summed E-state index contributed by atoms with van der Waals surface area (Å²) in [6.07, 6.45) is 1.64. The average molecular weight is 859 g/mol. The van der Waals surface area contributed by atoms with Crippen molar-refractivity contribution in [3.8, 4) is 0 Å².